The van der Waals surface area contributed by atoms with Crippen molar-refractivity contribution in [2.24, 2.45) is 0 Å². The topological polar surface area (TPSA) is 105 Å². The first kappa shape index (κ1) is 29.0. The van der Waals surface area contributed by atoms with Crippen LogP contribution >= 0.6 is 0 Å². The summed E-state index contributed by atoms with van der Waals surface area (Å²) in [5, 5.41) is 0. The lowest BCUT2D eigenvalue weighted by molar-refractivity contribution is -0.144. The fraction of sp³-hybridized carbons (Fsp3) is 0.310. The maximum absolute atomic E-state index is 12.0. The lowest BCUT2D eigenvalue weighted by Crippen LogP contribution is -2.14. The second-order valence-corrected chi connectivity index (χ2v) is 8.38. The molecule has 8 nitrogen and oxygen atoms in total. The molecule has 0 aliphatic heterocycles. The van der Waals surface area contributed by atoms with Gasteiger partial charge in [0.15, 0.2) is 0 Å². The van der Waals surface area contributed by atoms with Crippen LogP contribution < -0.4 is 9.47 Å². The molecule has 2 aromatic carbocycles. The van der Waals surface area contributed by atoms with Gasteiger partial charge in [0.05, 0.1) is 12.8 Å². The van der Waals surface area contributed by atoms with Crippen molar-refractivity contribution in [1.29, 1.82) is 0 Å². The SMILES string of the molecule is C=C(C)C(=O)OCCC(=O)Oc1ccc(C(CC)c2ccc(OC(=O)CCOC(=O)C(=C)C)cc2)cc1. The number of carbonyl (C=O) groups is 4. The third-order valence-corrected chi connectivity index (χ3v) is 5.21. The molecule has 0 saturated carbocycles. The Morgan fingerprint density at radius 2 is 1.03 bits per heavy atom. The molecule has 0 N–H and O–H groups in total. The fourth-order valence-corrected chi connectivity index (χ4v) is 3.27. The quantitative estimate of drug-likeness (QED) is 0.210. The zero-order valence-electron chi connectivity index (χ0n) is 21.4. The Labute approximate surface area is 216 Å². The fourth-order valence-electron chi connectivity index (χ4n) is 3.27. The molecule has 0 aliphatic rings. The second kappa shape index (κ2) is 14.4. The van der Waals surface area contributed by atoms with Crippen LogP contribution in [0.15, 0.2) is 72.8 Å². The highest BCUT2D eigenvalue weighted by atomic mass is 16.6. The smallest absolute Gasteiger partial charge is 0.333 e. The van der Waals surface area contributed by atoms with Gasteiger partial charge in [0.1, 0.15) is 24.7 Å². The van der Waals surface area contributed by atoms with Crippen LogP contribution in [0.2, 0.25) is 0 Å². The van der Waals surface area contributed by atoms with Crippen molar-refractivity contribution in [2.75, 3.05) is 13.2 Å². The van der Waals surface area contributed by atoms with Crippen molar-refractivity contribution in [3.05, 3.63) is 84.0 Å². The standard InChI is InChI=1S/C29H32O8/c1-6-25(21-7-11-23(12-8-21)36-26(30)15-17-34-28(32)19(2)3)22-9-13-24(14-10-22)37-27(31)16-18-35-29(33)20(4)5/h7-14,25H,2,4,6,15-18H2,1,3,5H3. The van der Waals surface area contributed by atoms with Gasteiger partial charge in [-0.25, -0.2) is 9.59 Å². The Hall–Kier alpha value is -4.20. The van der Waals surface area contributed by atoms with Crippen LogP contribution in [0.5, 0.6) is 11.5 Å². The summed E-state index contributed by atoms with van der Waals surface area (Å²) in [6.07, 6.45) is 0.699. The van der Waals surface area contributed by atoms with E-state index in [4.69, 9.17) is 18.9 Å². The highest BCUT2D eigenvalue weighted by molar-refractivity contribution is 5.87. The van der Waals surface area contributed by atoms with Crippen molar-refractivity contribution in [3.8, 4) is 11.5 Å². The first-order chi connectivity index (χ1) is 17.6. The minimum Gasteiger partial charge on any atom is -0.462 e. The van der Waals surface area contributed by atoms with Crippen LogP contribution in [-0.2, 0) is 28.7 Å². The van der Waals surface area contributed by atoms with Gasteiger partial charge in [-0.05, 0) is 55.7 Å². The maximum Gasteiger partial charge on any atom is 0.333 e. The van der Waals surface area contributed by atoms with Gasteiger partial charge in [0.25, 0.3) is 0 Å². The highest BCUT2D eigenvalue weighted by Crippen LogP contribution is 2.30. The van der Waals surface area contributed by atoms with Crippen LogP contribution in [0.1, 0.15) is 57.1 Å². The molecule has 0 spiro atoms. The predicted molar refractivity (Wildman–Crippen MR) is 137 cm³/mol. The molecule has 0 amide bonds. The lowest BCUT2D eigenvalue weighted by Gasteiger charge is -2.17. The molecule has 0 saturated heterocycles. The average Bonchev–Trinajstić information content (AvgIpc) is 2.86. The summed E-state index contributed by atoms with van der Waals surface area (Å²) in [4.78, 5) is 46.7. The Balaban J connectivity index is 1.89. The van der Waals surface area contributed by atoms with E-state index < -0.39 is 23.9 Å². The number of rotatable bonds is 13. The average molecular weight is 509 g/mol. The van der Waals surface area contributed by atoms with E-state index >= 15 is 0 Å². The van der Waals surface area contributed by atoms with Crippen LogP contribution in [0.25, 0.3) is 0 Å². The molecular weight excluding hydrogens is 476 g/mol. The summed E-state index contributed by atoms with van der Waals surface area (Å²) in [5.41, 5.74) is 2.59. The third kappa shape index (κ3) is 9.76. The molecule has 196 valence electrons. The van der Waals surface area contributed by atoms with Crippen molar-refractivity contribution < 1.29 is 38.1 Å². The molecule has 0 fully saturated rings. The molecule has 0 bridgehead atoms. The van der Waals surface area contributed by atoms with E-state index in [2.05, 4.69) is 20.1 Å². The van der Waals surface area contributed by atoms with E-state index in [-0.39, 0.29) is 43.1 Å². The number of hydrogen-bond acceptors (Lipinski definition) is 8. The Kier molecular flexibility index (Phi) is 11.3. The van der Waals surface area contributed by atoms with Crippen LogP contribution in [0.4, 0.5) is 0 Å². The van der Waals surface area contributed by atoms with Crippen molar-refractivity contribution in [1.82, 2.24) is 0 Å². The van der Waals surface area contributed by atoms with Gasteiger partial charge in [-0.15, -0.1) is 0 Å². The monoisotopic (exact) mass is 508 g/mol. The first-order valence-corrected chi connectivity index (χ1v) is 11.9. The predicted octanol–water partition coefficient (Wildman–Crippen LogP) is 5.06. The minimum absolute atomic E-state index is 0.0606. The van der Waals surface area contributed by atoms with E-state index in [1.165, 1.54) is 13.8 Å². The summed E-state index contributed by atoms with van der Waals surface area (Å²) in [7, 11) is 0. The zero-order valence-corrected chi connectivity index (χ0v) is 21.4. The minimum atomic E-state index is -0.546. The molecule has 2 rings (SSSR count). The summed E-state index contributed by atoms with van der Waals surface area (Å²) >= 11 is 0. The zero-order chi connectivity index (χ0) is 27.4. The van der Waals surface area contributed by atoms with Crippen LogP contribution in [-0.4, -0.2) is 37.1 Å². The lowest BCUT2D eigenvalue weighted by atomic mass is 9.89. The van der Waals surface area contributed by atoms with Crippen LogP contribution in [0.3, 0.4) is 0 Å². The van der Waals surface area contributed by atoms with Gasteiger partial charge in [0, 0.05) is 17.1 Å². The maximum atomic E-state index is 12.0. The normalized spacial score (nSPS) is 10.4. The Bertz CT molecular complexity index is 1040. The molecular formula is C29H32O8. The molecule has 0 heterocycles. The van der Waals surface area contributed by atoms with E-state index in [1.54, 1.807) is 24.3 Å². The second-order valence-electron chi connectivity index (χ2n) is 8.38. The Morgan fingerprint density at radius 3 is 1.32 bits per heavy atom. The third-order valence-electron chi connectivity index (χ3n) is 5.21. The summed E-state index contributed by atoms with van der Waals surface area (Å²) in [5.74, 6) is -1.23. The number of benzene rings is 2. The molecule has 37 heavy (non-hydrogen) atoms. The first-order valence-electron chi connectivity index (χ1n) is 11.9. The highest BCUT2D eigenvalue weighted by Gasteiger charge is 2.15. The van der Waals surface area contributed by atoms with Gasteiger partial charge in [-0.3, -0.25) is 9.59 Å². The van der Waals surface area contributed by atoms with Gasteiger partial charge in [-0.2, -0.15) is 0 Å². The summed E-state index contributed by atoms with van der Waals surface area (Å²) in [6, 6.07) is 14.4. The number of carbonyl (C=O) groups excluding carboxylic acids is 4. The Morgan fingerprint density at radius 1 is 0.676 bits per heavy atom. The molecule has 0 radical (unpaired) electrons. The molecule has 0 atom stereocenters. The van der Waals surface area contributed by atoms with Gasteiger partial charge in [-0.1, -0.05) is 44.3 Å². The molecule has 0 unspecified atom stereocenters. The van der Waals surface area contributed by atoms with E-state index in [0.717, 1.165) is 17.5 Å². The van der Waals surface area contributed by atoms with Gasteiger partial charge in [0.2, 0.25) is 0 Å². The van der Waals surface area contributed by atoms with Gasteiger partial charge >= 0.3 is 23.9 Å². The molecule has 0 aliphatic carbocycles. The van der Waals surface area contributed by atoms with Crippen LogP contribution in [0, 0.1) is 0 Å². The van der Waals surface area contributed by atoms with Crippen molar-refractivity contribution >= 4 is 23.9 Å². The van der Waals surface area contributed by atoms with Crippen molar-refractivity contribution in [2.45, 2.75) is 46.0 Å². The number of ether oxygens (including phenoxy) is 4. The number of esters is 4. The molecule has 0 aromatic heterocycles. The van der Waals surface area contributed by atoms with E-state index in [9.17, 15) is 19.2 Å². The van der Waals surface area contributed by atoms with Gasteiger partial charge < -0.3 is 18.9 Å². The number of hydrogen-bond donors (Lipinski definition) is 0. The van der Waals surface area contributed by atoms with Crippen molar-refractivity contribution in [3.63, 3.8) is 0 Å². The molecule has 2 aromatic rings. The molecule has 8 heteroatoms. The van der Waals surface area contributed by atoms with E-state index in [0.29, 0.717) is 11.5 Å². The van der Waals surface area contributed by atoms with E-state index in [1.807, 2.05) is 24.3 Å². The summed E-state index contributed by atoms with van der Waals surface area (Å²) in [6.45, 7) is 11.9. The largest absolute Gasteiger partial charge is 0.462 e. The summed E-state index contributed by atoms with van der Waals surface area (Å²) < 4.78 is 20.4.